The second-order valence-electron chi connectivity index (χ2n) is 6.02. The van der Waals surface area contributed by atoms with Gasteiger partial charge in [0, 0.05) is 19.3 Å². The minimum atomic E-state index is 0.0830. The highest BCUT2D eigenvalue weighted by atomic mass is 16.3. The normalized spacial score (nSPS) is 10.7. The molecule has 0 saturated carbocycles. The Kier molecular flexibility index (Phi) is 12.2. The van der Waals surface area contributed by atoms with Gasteiger partial charge in [0.05, 0.1) is 6.61 Å². The maximum Gasteiger partial charge on any atom is 0.224 e. The number of hydrogen-bond donors (Lipinski definition) is 3. The molecule has 132 valence electrons. The lowest BCUT2D eigenvalue weighted by Gasteiger charge is -2.07. The SMILES string of the molecule is CCCCCCCCCCCCNc1ccnc(NCCO)n1. The van der Waals surface area contributed by atoms with Crippen molar-refractivity contribution < 1.29 is 5.11 Å². The second-order valence-corrected chi connectivity index (χ2v) is 6.02. The van der Waals surface area contributed by atoms with Crippen LogP contribution in [-0.4, -0.2) is 34.8 Å². The van der Waals surface area contributed by atoms with Crippen LogP contribution in [0.25, 0.3) is 0 Å². The first-order valence-corrected chi connectivity index (χ1v) is 9.28. The van der Waals surface area contributed by atoms with E-state index in [4.69, 9.17) is 5.11 Å². The molecular weight excluding hydrogens is 288 g/mol. The van der Waals surface area contributed by atoms with Crippen molar-refractivity contribution in [2.75, 3.05) is 30.3 Å². The molecule has 1 heterocycles. The van der Waals surface area contributed by atoms with Crippen molar-refractivity contribution >= 4 is 11.8 Å². The summed E-state index contributed by atoms with van der Waals surface area (Å²) in [5.41, 5.74) is 0. The molecule has 5 nitrogen and oxygen atoms in total. The van der Waals surface area contributed by atoms with Gasteiger partial charge in [0.25, 0.3) is 0 Å². The minimum absolute atomic E-state index is 0.0830. The molecule has 0 aliphatic heterocycles. The third-order valence-electron chi connectivity index (χ3n) is 3.89. The zero-order chi connectivity index (χ0) is 16.6. The van der Waals surface area contributed by atoms with Crippen molar-refractivity contribution in [1.29, 1.82) is 0 Å². The monoisotopic (exact) mass is 322 g/mol. The molecule has 0 radical (unpaired) electrons. The van der Waals surface area contributed by atoms with Crippen LogP contribution in [-0.2, 0) is 0 Å². The van der Waals surface area contributed by atoms with Crippen molar-refractivity contribution in [2.24, 2.45) is 0 Å². The molecule has 1 aromatic rings. The molecule has 0 aromatic carbocycles. The molecule has 23 heavy (non-hydrogen) atoms. The quantitative estimate of drug-likeness (QED) is 0.422. The molecule has 0 unspecified atom stereocenters. The lowest BCUT2D eigenvalue weighted by molar-refractivity contribution is 0.311. The lowest BCUT2D eigenvalue weighted by Crippen LogP contribution is -2.10. The van der Waals surface area contributed by atoms with Crippen molar-refractivity contribution in [3.63, 3.8) is 0 Å². The van der Waals surface area contributed by atoms with E-state index in [9.17, 15) is 0 Å². The maximum absolute atomic E-state index is 8.78. The Morgan fingerprint density at radius 1 is 0.870 bits per heavy atom. The van der Waals surface area contributed by atoms with Crippen LogP contribution in [0.4, 0.5) is 11.8 Å². The number of nitrogens with zero attached hydrogens (tertiary/aromatic N) is 2. The third kappa shape index (κ3) is 10.9. The third-order valence-corrected chi connectivity index (χ3v) is 3.89. The van der Waals surface area contributed by atoms with E-state index in [1.807, 2.05) is 6.07 Å². The first-order chi connectivity index (χ1) is 11.4. The van der Waals surface area contributed by atoms with E-state index < -0.39 is 0 Å². The number of hydrogen-bond acceptors (Lipinski definition) is 5. The number of aromatic nitrogens is 2. The van der Waals surface area contributed by atoms with E-state index in [0.717, 1.165) is 12.4 Å². The molecule has 3 N–H and O–H groups in total. The van der Waals surface area contributed by atoms with E-state index in [0.29, 0.717) is 12.5 Å². The van der Waals surface area contributed by atoms with E-state index in [-0.39, 0.29) is 6.61 Å². The van der Waals surface area contributed by atoms with Gasteiger partial charge in [-0.25, -0.2) is 4.98 Å². The fourth-order valence-corrected chi connectivity index (χ4v) is 2.54. The Hall–Kier alpha value is -1.36. The molecule has 0 aliphatic carbocycles. The molecule has 5 heteroatoms. The summed E-state index contributed by atoms with van der Waals surface area (Å²) in [5.74, 6) is 1.41. The lowest BCUT2D eigenvalue weighted by atomic mass is 10.1. The van der Waals surface area contributed by atoms with E-state index in [1.165, 1.54) is 64.2 Å². The van der Waals surface area contributed by atoms with Gasteiger partial charge in [-0.3, -0.25) is 0 Å². The molecule has 0 spiro atoms. The second kappa shape index (κ2) is 14.2. The van der Waals surface area contributed by atoms with Crippen LogP contribution in [0.3, 0.4) is 0 Å². The minimum Gasteiger partial charge on any atom is -0.395 e. The highest BCUT2D eigenvalue weighted by Gasteiger charge is 1.98. The van der Waals surface area contributed by atoms with Gasteiger partial charge < -0.3 is 15.7 Å². The van der Waals surface area contributed by atoms with Crippen LogP contribution in [0.1, 0.15) is 71.1 Å². The summed E-state index contributed by atoms with van der Waals surface area (Å²) in [6.45, 7) is 3.77. The molecule has 0 amide bonds. The van der Waals surface area contributed by atoms with Gasteiger partial charge >= 0.3 is 0 Å². The predicted octanol–water partition coefficient (Wildman–Crippen LogP) is 4.21. The first kappa shape index (κ1) is 19.7. The van der Waals surface area contributed by atoms with Gasteiger partial charge in [-0.05, 0) is 12.5 Å². The molecule has 1 aromatic heterocycles. The van der Waals surface area contributed by atoms with Crippen molar-refractivity contribution in [3.05, 3.63) is 12.3 Å². The molecular formula is C18H34N4O. The van der Waals surface area contributed by atoms with Crippen LogP contribution in [0.15, 0.2) is 12.3 Å². The van der Waals surface area contributed by atoms with Crippen LogP contribution in [0, 0.1) is 0 Å². The Morgan fingerprint density at radius 3 is 2.17 bits per heavy atom. The smallest absolute Gasteiger partial charge is 0.224 e. The van der Waals surface area contributed by atoms with Crippen LogP contribution in [0.2, 0.25) is 0 Å². The number of anilines is 2. The Labute approximate surface area is 141 Å². The van der Waals surface area contributed by atoms with Crippen LogP contribution >= 0.6 is 0 Å². The number of unbranched alkanes of at least 4 members (excludes halogenated alkanes) is 9. The Bertz CT molecular complexity index is 387. The van der Waals surface area contributed by atoms with Gasteiger partial charge in [-0.15, -0.1) is 0 Å². The Morgan fingerprint density at radius 2 is 1.52 bits per heavy atom. The zero-order valence-corrected chi connectivity index (χ0v) is 14.7. The first-order valence-electron chi connectivity index (χ1n) is 9.28. The summed E-state index contributed by atoms with van der Waals surface area (Å²) in [5, 5.41) is 15.1. The highest BCUT2D eigenvalue weighted by Crippen LogP contribution is 2.11. The van der Waals surface area contributed by atoms with Crippen molar-refractivity contribution in [2.45, 2.75) is 71.1 Å². The summed E-state index contributed by atoms with van der Waals surface area (Å²) in [6, 6.07) is 1.88. The number of nitrogens with one attached hydrogen (secondary N) is 2. The molecule has 0 fully saturated rings. The number of aliphatic hydroxyl groups is 1. The number of rotatable bonds is 15. The van der Waals surface area contributed by atoms with Crippen molar-refractivity contribution in [1.82, 2.24) is 9.97 Å². The summed E-state index contributed by atoms with van der Waals surface area (Å²) in [4.78, 5) is 8.46. The standard InChI is InChI=1S/C18H34N4O/c1-2-3-4-5-6-7-8-9-10-11-13-19-17-12-14-20-18(22-17)21-15-16-23/h12,14,23H,2-11,13,15-16H2,1H3,(H2,19,20,21,22). The molecule has 0 bridgehead atoms. The maximum atomic E-state index is 8.78. The van der Waals surface area contributed by atoms with Gasteiger partial charge in [-0.1, -0.05) is 64.7 Å². The summed E-state index contributed by atoms with van der Waals surface area (Å²) in [7, 11) is 0. The van der Waals surface area contributed by atoms with E-state index >= 15 is 0 Å². The highest BCUT2D eigenvalue weighted by molar-refractivity contribution is 5.39. The largest absolute Gasteiger partial charge is 0.395 e. The van der Waals surface area contributed by atoms with Crippen LogP contribution < -0.4 is 10.6 Å². The fourth-order valence-electron chi connectivity index (χ4n) is 2.54. The predicted molar refractivity (Wildman–Crippen MR) is 97.9 cm³/mol. The van der Waals surface area contributed by atoms with Crippen molar-refractivity contribution in [3.8, 4) is 0 Å². The van der Waals surface area contributed by atoms with Gasteiger partial charge in [0.1, 0.15) is 5.82 Å². The average molecular weight is 322 g/mol. The van der Waals surface area contributed by atoms with Crippen LogP contribution in [0.5, 0.6) is 0 Å². The van der Waals surface area contributed by atoms with E-state index in [2.05, 4.69) is 27.5 Å². The molecule has 0 atom stereocenters. The molecule has 0 saturated heterocycles. The number of aliphatic hydroxyl groups excluding tert-OH is 1. The topological polar surface area (TPSA) is 70.1 Å². The molecule has 0 aliphatic rings. The van der Waals surface area contributed by atoms with Gasteiger partial charge in [0.15, 0.2) is 0 Å². The fraction of sp³-hybridized carbons (Fsp3) is 0.778. The van der Waals surface area contributed by atoms with Gasteiger partial charge in [0.2, 0.25) is 5.95 Å². The summed E-state index contributed by atoms with van der Waals surface area (Å²) < 4.78 is 0. The summed E-state index contributed by atoms with van der Waals surface area (Å²) >= 11 is 0. The average Bonchev–Trinajstić information content (AvgIpc) is 2.58. The molecule has 1 rings (SSSR count). The zero-order valence-electron chi connectivity index (χ0n) is 14.7. The van der Waals surface area contributed by atoms with Gasteiger partial charge in [-0.2, -0.15) is 4.98 Å². The summed E-state index contributed by atoms with van der Waals surface area (Å²) in [6.07, 6.45) is 15.2. The van der Waals surface area contributed by atoms with E-state index in [1.54, 1.807) is 6.20 Å². The Balaban J connectivity index is 1.96.